The van der Waals surface area contributed by atoms with Gasteiger partial charge in [0.15, 0.2) is 11.6 Å². The molecular formula is C19H14Br2O2. The average molecular weight is 434 g/mol. The molecule has 0 atom stereocenters. The van der Waals surface area contributed by atoms with Gasteiger partial charge in [-0.05, 0) is 47.4 Å². The quantitative estimate of drug-likeness (QED) is 0.526. The monoisotopic (exact) mass is 432 g/mol. The van der Waals surface area contributed by atoms with Gasteiger partial charge < -0.3 is 0 Å². The molecule has 0 saturated heterocycles. The van der Waals surface area contributed by atoms with Crippen LogP contribution in [0.2, 0.25) is 0 Å². The number of halogens is 2. The Morgan fingerprint density at radius 3 is 2.13 bits per heavy atom. The van der Waals surface area contributed by atoms with Crippen molar-refractivity contribution in [2.45, 2.75) is 19.3 Å². The second-order valence-corrected chi connectivity index (χ2v) is 7.47. The third-order valence-corrected chi connectivity index (χ3v) is 5.02. The Labute approximate surface area is 151 Å². The topological polar surface area (TPSA) is 34.1 Å². The first kappa shape index (κ1) is 16.3. The van der Waals surface area contributed by atoms with E-state index in [4.69, 9.17) is 0 Å². The summed E-state index contributed by atoms with van der Waals surface area (Å²) in [5.41, 5.74) is 4.68. The summed E-state index contributed by atoms with van der Waals surface area (Å²) in [6.07, 6.45) is 2.31. The molecule has 2 nitrogen and oxygen atoms in total. The molecule has 23 heavy (non-hydrogen) atoms. The van der Waals surface area contributed by atoms with Gasteiger partial charge in [-0.15, -0.1) is 0 Å². The third-order valence-electron chi connectivity index (χ3n) is 4.04. The SMILES string of the molecule is C=C1Cc2ccc(Br)cc2C1=O.O=C1CCc2ccc(Br)cc21. The van der Waals surface area contributed by atoms with E-state index in [1.165, 1.54) is 5.56 Å². The van der Waals surface area contributed by atoms with Crippen molar-refractivity contribution in [3.63, 3.8) is 0 Å². The predicted octanol–water partition coefficient (Wildman–Crippen LogP) is 5.32. The molecule has 0 heterocycles. The predicted molar refractivity (Wildman–Crippen MR) is 98.1 cm³/mol. The van der Waals surface area contributed by atoms with Crippen LogP contribution < -0.4 is 0 Å². The molecule has 0 bridgehead atoms. The van der Waals surface area contributed by atoms with Gasteiger partial charge in [0.25, 0.3) is 0 Å². The van der Waals surface area contributed by atoms with Crippen LogP contribution in [0.4, 0.5) is 0 Å². The van der Waals surface area contributed by atoms with E-state index in [0.29, 0.717) is 18.4 Å². The van der Waals surface area contributed by atoms with Crippen LogP contribution in [0.1, 0.15) is 38.3 Å². The van der Waals surface area contributed by atoms with E-state index in [2.05, 4.69) is 38.4 Å². The van der Waals surface area contributed by atoms with Crippen LogP contribution in [0.15, 0.2) is 57.5 Å². The first-order valence-electron chi connectivity index (χ1n) is 7.28. The maximum atomic E-state index is 11.4. The highest BCUT2D eigenvalue weighted by molar-refractivity contribution is 9.10. The number of allylic oxidation sites excluding steroid dienone is 1. The van der Waals surface area contributed by atoms with E-state index >= 15 is 0 Å². The number of carbonyl (C=O) groups excluding carboxylic acids is 2. The van der Waals surface area contributed by atoms with Gasteiger partial charge in [-0.3, -0.25) is 9.59 Å². The Kier molecular flexibility index (Phi) is 4.64. The van der Waals surface area contributed by atoms with Crippen LogP contribution in [0, 0.1) is 0 Å². The van der Waals surface area contributed by atoms with Gasteiger partial charge in [0.1, 0.15) is 0 Å². The lowest BCUT2D eigenvalue weighted by Crippen LogP contribution is -1.92. The van der Waals surface area contributed by atoms with E-state index in [1.54, 1.807) is 0 Å². The van der Waals surface area contributed by atoms with E-state index in [0.717, 1.165) is 32.1 Å². The standard InChI is InChI=1S/C10H7BrO.C9H7BrO/c1-6-4-7-2-3-8(11)5-9(7)10(6)12;10-7-3-1-6-2-4-9(11)8(6)5-7/h2-3,5H,1,4H2;1,3,5H,2,4H2. The molecular weight excluding hydrogens is 420 g/mol. The number of fused-ring (bicyclic) bond motifs is 2. The number of carbonyl (C=O) groups is 2. The van der Waals surface area contributed by atoms with Crippen LogP contribution >= 0.6 is 31.9 Å². The minimum absolute atomic E-state index is 0.0892. The second-order valence-electron chi connectivity index (χ2n) is 5.64. The highest BCUT2D eigenvalue weighted by atomic mass is 79.9. The molecule has 0 saturated carbocycles. The Balaban J connectivity index is 0.000000136. The van der Waals surface area contributed by atoms with Crippen LogP contribution in [-0.4, -0.2) is 11.6 Å². The Morgan fingerprint density at radius 1 is 0.826 bits per heavy atom. The summed E-state index contributed by atoms with van der Waals surface area (Å²) in [6.45, 7) is 3.71. The Hall–Kier alpha value is -1.52. The fraction of sp³-hybridized carbons (Fsp3) is 0.158. The number of hydrogen-bond acceptors (Lipinski definition) is 2. The lowest BCUT2D eigenvalue weighted by molar-refractivity contribution is 0.0993. The van der Waals surface area contributed by atoms with Gasteiger partial charge >= 0.3 is 0 Å². The fourth-order valence-electron chi connectivity index (χ4n) is 2.82. The molecule has 0 unspecified atom stereocenters. The van der Waals surface area contributed by atoms with Gasteiger partial charge in [0, 0.05) is 32.9 Å². The molecule has 0 amide bonds. The van der Waals surface area contributed by atoms with Gasteiger partial charge in [0.2, 0.25) is 0 Å². The molecule has 0 spiro atoms. The molecule has 4 heteroatoms. The number of Topliss-reactive ketones (excluding diaryl/α,β-unsaturated/α-hetero) is 2. The number of ketones is 2. The van der Waals surface area contributed by atoms with Crippen molar-refractivity contribution >= 4 is 43.4 Å². The average Bonchev–Trinajstić information content (AvgIpc) is 3.02. The van der Waals surface area contributed by atoms with E-state index in [9.17, 15) is 9.59 Å². The van der Waals surface area contributed by atoms with Crippen LogP contribution in [0.3, 0.4) is 0 Å². The maximum Gasteiger partial charge on any atom is 0.189 e. The normalized spacial score (nSPS) is 15.1. The molecule has 0 aromatic heterocycles. The van der Waals surface area contributed by atoms with Crippen molar-refractivity contribution in [3.8, 4) is 0 Å². The molecule has 0 radical (unpaired) electrons. The van der Waals surface area contributed by atoms with Crippen molar-refractivity contribution in [1.29, 1.82) is 0 Å². The molecule has 0 aliphatic heterocycles. The minimum atomic E-state index is 0.0892. The lowest BCUT2D eigenvalue weighted by Gasteiger charge is -1.96. The summed E-state index contributed by atoms with van der Waals surface area (Å²) in [6, 6.07) is 11.7. The summed E-state index contributed by atoms with van der Waals surface area (Å²) >= 11 is 6.67. The third kappa shape index (κ3) is 3.38. The molecule has 2 aliphatic rings. The number of aryl methyl sites for hydroxylation is 1. The van der Waals surface area contributed by atoms with E-state index < -0.39 is 0 Å². The summed E-state index contributed by atoms with van der Waals surface area (Å²) in [5.74, 6) is 0.368. The largest absolute Gasteiger partial charge is 0.294 e. The summed E-state index contributed by atoms with van der Waals surface area (Å²) in [4.78, 5) is 22.6. The highest BCUT2D eigenvalue weighted by Gasteiger charge is 2.22. The van der Waals surface area contributed by atoms with Crippen LogP contribution in [-0.2, 0) is 12.8 Å². The first-order valence-corrected chi connectivity index (χ1v) is 8.87. The van der Waals surface area contributed by atoms with Gasteiger partial charge in [-0.1, -0.05) is 50.6 Å². The van der Waals surface area contributed by atoms with Crippen molar-refractivity contribution in [3.05, 3.63) is 79.7 Å². The molecule has 0 fully saturated rings. The summed E-state index contributed by atoms with van der Waals surface area (Å²) in [5, 5.41) is 0. The zero-order valence-corrected chi connectivity index (χ0v) is 15.5. The zero-order chi connectivity index (χ0) is 16.6. The Bertz CT molecular complexity index is 837. The van der Waals surface area contributed by atoms with Gasteiger partial charge in [-0.25, -0.2) is 0 Å². The first-order chi connectivity index (χ1) is 11.0. The fourth-order valence-corrected chi connectivity index (χ4v) is 3.55. The van der Waals surface area contributed by atoms with Crippen LogP contribution in [0.25, 0.3) is 0 Å². The molecule has 2 aliphatic carbocycles. The van der Waals surface area contributed by atoms with E-state index in [1.807, 2.05) is 36.4 Å². The Morgan fingerprint density at radius 2 is 1.43 bits per heavy atom. The smallest absolute Gasteiger partial charge is 0.189 e. The number of rotatable bonds is 0. The second kappa shape index (κ2) is 6.54. The molecule has 4 rings (SSSR count). The molecule has 116 valence electrons. The number of benzene rings is 2. The molecule has 2 aromatic rings. The summed E-state index contributed by atoms with van der Waals surface area (Å²) in [7, 11) is 0. The lowest BCUT2D eigenvalue weighted by atomic mass is 10.1. The van der Waals surface area contributed by atoms with Crippen molar-refractivity contribution in [2.75, 3.05) is 0 Å². The van der Waals surface area contributed by atoms with Crippen molar-refractivity contribution < 1.29 is 9.59 Å². The van der Waals surface area contributed by atoms with Crippen molar-refractivity contribution in [2.24, 2.45) is 0 Å². The maximum absolute atomic E-state index is 11.4. The van der Waals surface area contributed by atoms with Gasteiger partial charge in [-0.2, -0.15) is 0 Å². The van der Waals surface area contributed by atoms with Gasteiger partial charge in [0.05, 0.1) is 0 Å². The van der Waals surface area contributed by atoms with E-state index in [-0.39, 0.29) is 11.6 Å². The molecule has 0 N–H and O–H groups in total. The summed E-state index contributed by atoms with van der Waals surface area (Å²) < 4.78 is 1.94. The molecule has 2 aromatic carbocycles. The zero-order valence-electron chi connectivity index (χ0n) is 12.4. The van der Waals surface area contributed by atoms with Crippen molar-refractivity contribution in [1.82, 2.24) is 0 Å². The minimum Gasteiger partial charge on any atom is -0.294 e. The highest BCUT2D eigenvalue weighted by Crippen LogP contribution is 2.27. The number of hydrogen-bond donors (Lipinski definition) is 0. The van der Waals surface area contributed by atoms with Crippen LogP contribution in [0.5, 0.6) is 0 Å².